The zero-order chi connectivity index (χ0) is 32.5. The second kappa shape index (κ2) is 11.0. The molecule has 0 fully saturated rings. The van der Waals surface area contributed by atoms with Gasteiger partial charge in [-0.15, -0.1) is 11.3 Å². The number of para-hydroxylation sites is 2. The summed E-state index contributed by atoms with van der Waals surface area (Å²) in [7, 11) is 0. The number of hydrogen-bond donors (Lipinski definition) is 0. The van der Waals surface area contributed by atoms with Gasteiger partial charge in [-0.2, -0.15) is 0 Å². The zero-order valence-electron chi connectivity index (χ0n) is 26.9. The van der Waals surface area contributed by atoms with Crippen molar-refractivity contribution >= 4 is 64.1 Å². The summed E-state index contributed by atoms with van der Waals surface area (Å²) in [5, 5.41) is 7.63. The summed E-state index contributed by atoms with van der Waals surface area (Å²) < 4.78 is 4.91. The van der Waals surface area contributed by atoms with E-state index < -0.39 is 0 Å². The van der Waals surface area contributed by atoms with Crippen LogP contribution in [0.3, 0.4) is 0 Å². The second-order valence-electron chi connectivity index (χ2n) is 12.8. The quantitative estimate of drug-likeness (QED) is 0.175. The average molecular weight is 643 g/mol. The highest BCUT2D eigenvalue weighted by Gasteiger charge is 2.19. The van der Waals surface area contributed by atoms with Gasteiger partial charge in [0.15, 0.2) is 0 Å². The predicted molar refractivity (Wildman–Crippen MR) is 210 cm³/mol. The molecule has 0 bridgehead atoms. The molecule has 0 amide bonds. The first-order chi connectivity index (χ1) is 24.2. The van der Waals surface area contributed by atoms with Crippen molar-refractivity contribution in [3.8, 4) is 39.1 Å². The molecule has 2 aromatic heterocycles. The SMILES string of the molecule is Cc1nc2ccccc2n1-c1cccc(-c2c3ccccc3c(-c3ccc4sc5ccccc5c4c3)c3cc(-c4ccccc4)ccc23)c1. The van der Waals surface area contributed by atoms with E-state index in [0.29, 0.717) is 0 Å². The smallest absolute Gasteiger partial charge is 0.111 e. The third-order valence-electron chi connectivity index (χ3n) is 9.92. The highest BCUT2D eigenvalue weighted by atomic mass is 32.1. The molecule has 8 aromatic carbocycles. The van der Waals surface area contributed by atoms with Gasteiger partial charge in [0.05, 0.1) is 11.0 Å². The first kappa shape index (κ1) is 28.0. The Balaban J connectivity index is 1.29. The molecule has 0 aliphatic carbocycles. The van der Waals surface area contributed by atoms with E-state index in [2.05, 4.69) is 175 Å². The van der Waals surface area contributed by atoms with Gasteiger partial charge < -0.3 is 0 Å². The lowest BCUT2D eigenvalue weighted by Crippen LogP contribution is -1.98. The van der Waals surface area contributed by atoms with Crippen molar-refractivity contribution in [2.45, 2.75) is 6.92 Å². The number of aryl methyl sites for hydroxylation is 1. The number of fused-ring (bicyclic) bond motifs is 6. The second-order valence-corrected chi connectivity index (χ2v) is 13.8. The Kier molecular flexibility index (Phi) is 6.30. The van der Waals surface area contributed by atoms with E-state index in [1.54, 1.807) is 0 Å². The molecule has 0 saturated heterocycles. The minimum atomic E-state index is 0.979. The molecule has 10 aromatic rings. The Morgan fingerprint density at radius 3 is 1.90 bits per heavy atom. The summed E-state index contributed by atoms with van der Waals surface area (Å²) in [4.78, 5) is 4.88. The molecule has 49 heavy (non-hydrogen) atoms. The molecule has 2 nitrogen and oxygen atoms in total. The van der Waals surface area contributed by atoms with Crippen LogP contribution in [0.5, 0.6) is 0 Å². The van der Waals surface area contributed by atoms with Crippen molar-refractivity contribution in [2.75, 3.05) is 0 Å². The van der Waals surface area contributed by atoms with E-state index in [1.807, 2.05) is 11.3 Å². The maximum Gasteiger partial charge on any atom is 0.111 e. The zero-order valence-corrected chi connectivity index (χ0v) is 27.7. The number of imidazole rings is 1. The molecule has 2 heterocycles. The number of nitrogens with zero attached hydrogens (tertiary/aromatic N) is 2. The molecule has 0 unspecified atom stereocenters. The van der Waals surface area contributed by atoms with E-state index in [-0.39, 0.29) is 0 Å². The Morgan fingerprint density at radius 1 is 0.429 bits per heavy atom. The Labute approximate surface area is 288 Å². The van der Waals surface area contributed by atoms with Gasteiger partial charge in [-0.3, -0.25) is 4.57 Å². The van der Waals surface area contributed by atoms with E-state index in [0.717, 1.165) is 22.5 Å². The maximum absolute atomic E-state index is 4.88. The third kappa shape index (κ3) is 4.43. The summed E-state index contributed by atoms with van der Waals surface area (Å²) in [6.07, 6.45) is 0. The number of aromatic nitrogens is 2. The molecule has 230 valence electrons. The largest absolute Gasteiger partial charge is 0.297 e. The van der Waals surface area contributed by atoms with E-state index >= 15 is 0 Å². The summed E-state index contributed by atoms with van der Waals surface area (Å²) in [6.45, 7) is 2.09. The van der Waals surface area contributed by atoms with Crippen molar-refractivity contribution in [3.63, 3.8) is 0 Å². The van der Waals surface area contributed by atoms with Gasteiger partial charge in [-0.25, -0.2) is 4.98 Å². The van der Waals surface area contributed by atoms with E-state index in [9.17, 15) is 0 Å². The normalized spacial score (nSPS) is 11.8. The minimum Gasteiger partial charge on any atom is -0.297 e. The molecule has 0 radical (unpaired) electrons. The van der Waals surface area contributed by atoms with Crippen LogP contribution in [-0.2, 0) is 0 Å². The highest BCUT2D eigenvalue weighted by Crippen LogP contribution is 2.46. The average Bonchev–Trinajstić information content (AvgIpc) is 3.70. The fourth-order valence-electron chi connectivity index (χ4n) is 7.76. The lowest BCUT2D eigenvalue weighted by molar-refractivity contribution is 1.00. The number of hydrogen-bond acceptors (Lipinski definition) is 2. The first-order valence-corrected chi connectivity index (χ1v) is 17.5. The van der Waals surface area contributed by atoms with Crippen LogP contribution in [-0.4, -0.2) is 9.55 Å². The van der Waals surface area contributed by atoms with Crippen molar-refractivity contribution in [1.29, 1.82) is 0 Å². The third-order valence-corrected chi connectivity index (χ3v) is 11.1. The van der Waals surface area contributed by atoms with E-state index in [4.69, 9.17) is 4.98 Å². The van der Waals surface area contributed by atoms with Gasteiger partial charge >= 0.3 is 0 Å². The van der Waals surface area contributed by atoms with Crippen LogP contribution in [0.2, 0.25) is 0 Å². The maximum atomic E-state index is 4.88. The van der Waals surface area contributed by atoms with Crippen LogP contribution < -0.4 is 0 Å². The Morgan fingerprint density at radius 2 is 1.04 bits per heavy atom. The van der Waals surface area contributed by atoms with Crippen LogP contribution in [0, 0.1) is 6.92 Å². The summed E-state index contributed by atoms with van der Waals surface area (Å²) in [5.74, 6) is 0.979. The molecule has 0 spiro atoms. The molecule has 0 atom stereocenters. The summed E-state index contributed by atoms with van der Waals surface area (Å²) in [5.41, 5.74) is 10.6. The van der Waals surface area contributed by atoms with Crippen LogP contribution in [0.1, 0.15) is 5.82 Å². The van der Waals surface area contributed by atoms with E-state index in [1.165, 1.54) is 75.1 Å². The molecule has 0 N–H and O–H groups in total. The molecular formula is C46H30N2S. The van der Waals surface area contributed by atoms with Crippen LogP contribution in [0.15, 0.2) is 164 Å². The summed E-state index contributed by atoms with van der Waals surface area (Å²) in [6, 6.07) is 59.9. The van der Waals surface area contributed by atoms with Crippen molar-refractivity contribution in [3.05, 3.63) is 170 Å². The summed E-state index contributed by atoms with van der Waals surface area (Å²) >= 11 is 1.87. The monoisotopic (exact) mass is 642 g/mol. The minimum absolute atomic E-state index is 0.979. The van der Waals surface area contributed by atoms with Crippen molar-refractivity contribution in [2.24, 2.45) is 0 Å². The number of thiophene rings is 1. The van der Waals surface area contributed by atoms with Gasteiger partial charge in [0.2, 0.25) is 0 Å². The lowest BCUT2D eigenvalue weighted by atomic mass is 9.84. The highest BCUT2D eigenvalue weighted by molar-refractivity contribution is 7.25. The molecule has 3 heteroatoms. The van der Waals surface area contributed by atoms with Gasteiger partial charge in [-0.05, 0) is 110 Å². The molecular weight excluding hydrogens is 613 g/mol. The Hall–Kier alpha value is -6.03. The standard InChI is InChI=1S/C46H30N2S/c1-29-47-41-19-8-9-20-42(41)48(29)34-15-11-14-32(26-34)45-36-17-5-6-18-37(36)46(40-27-31(22-24-38(40)45)30-12-3-2-4-13-30)33-23-25-44-39(28-33)35-16-7-10-21-43(35)49-44/h2-28H,1H3. The fraction of sp³-hybridized carbons (Fsp3) is 0.0217. The molecule has 0 aliphatic rings. The van der Waals surface area contributed by atoms with Crippen LogP contribution in [0.4, 0.5) is 0 Å². The van der Waals surface area contributed by atoms with Crippen LogP contribution in [0.25, 0.3) is 91.8 Å². The fourth-order valence-corrected chi connectivity index (χ4v) is 8.85. The molecule has 10 rings (SSSR count). The first-order valence-electron chi connectivity index (χ1n) is 16.7. The topological polar surface area (TPSA) is 17.8 Å². The Bertz CT molecular complexity index is 2890. The van der Waals surface area contributed by atoms with Gasteiger partial charge in [0.1, 0.15) is 5.82 Å². The predicted octanol–water partition coefficient (Wildman–Crippen LogP) is 13.0. The van der Waals surface area contributed by atoms with Crippen LogP contribution >= 0.6 is 11.3 Å². The number of rotatable bonds is 4. The molecule has 0 saturated carbocycles. The van der Waals surface area contributed by atoms with Crippen molar-refractivity contribution < 1.29 is 0 Å². The molecule has 0 aliphatic heterocycles. The number of benzene rings is 8. The lowest BCUT2D eigenvalue weighted by Gasteiger charge is -2.19. The van der Waals surface area contributed by atoms with Gasteiger partial charge in [0, 0.05) is 25.9 Å². The van der Waals surface area contributed by atoms with Crippen molar-refractivity contribution in [1.82, 2.24) is 9.55 Å². The van der Waals surface area contributed by atoms with Gasteiger partial charge in [-0.1, -0.05) is 115 Å². The van der Waals surface area contributed by atoms with Gasteiger partial charge in [0.25, 0.3) is 0 Å².